The van der Waals surface area contributed by atoms with Gasteiger partial charge in [-0.05, 0) is 71.3 Å². The van der Waals surface area contributed by atoms with E-state index in [1.165, 1.54) is 45.1 Å². The minimum Gasteiger partial charge on any atom is -0.477 e. The van der Waals surface area contributed by atoms with Crippen molar-refractivity contribution in [2.75, 3.05) is 0 Å². The maximum absolute atomic E-state index is 11.3. The second-order valence-corrected chi connectivity index (χ2v) is 10.6. The van der Waals surface area contributed by atoms with E-state index in [2.05, 4.69) is 89.3 Å². The largest absolute Gasteiger partial charge is 0.477 e. The van der Waals surface area contributed by atoms with Gasteiger partial charge in [-0.15, -0.1) is 11.3 Å². The molecule has 7 aromatic rings. The van der Waals surface area contributed by atoms with Gasteiger partial charge in [0.2, 0.25) is 0 Å². The van der Waals surface area contributed by atoms with Gasteiger partial charge in [0.1, 0.15) is 11.6 Å². The van der Waals surface area contributed by atoms with Crippen molar-refractivity contribution in [3.8, 4) is 38.8 Å². The minimum absolute atomic E-state index is 0.275. The Morgan fingerprint density at radius 3 is 1.82 bits per heavy atom. The first kappa shape index (κ1) is 23.0. The molecule has 0 unspecified atom stereocenters. The SMILES string of the molecule is N#C/C(=C\c1ccc(-c2cc3cc(-c4ccccc4)c4ccc5c(-c6ccccc6)cc(c2)c3n45)s1)C(=O)O. The number of hydrogen-bond donors (Lipinski definition) is 1. The van der Waals surface area contributed by atoms with Gasteiger partial charge in [-0.3, -0.25) is 0 Å². The highest BCUT2D eigenvalue weighted by molar-refractivity contribution is 7.16. The number of nitrogens with zero attached hydrogens (tertiary/aromatic N) is 2. The number of benzene rings is 3. The van der Waals surface area contributed by atoms with Crippen molar-refractivity contribution in [3.05, 3.63) is 120 Å². The molecule has 7 rings (SSSR count). The normalized spacial score (nSPS) is 11.9. The summed E-state index contributed by atoms with van der Waals surface area (Å²) in [6.45, 7) is 0. The molecule has 0 bridgehead atoms. The number of aromatic nitrogens is 1. The summed E-state index contributed by atoms with van der Waals surface area (Å²) < 4.78 is 2.38. The smallest absolute Gasteiger partial charge is 0.346 e. The fraction of sp³-hybridized carbons (Fsp3) is 0. The lowest BCUT2D eigenvalue weighted by atomic mass is 9.97. The summed E-state index contributed by atoms with van der Waals surface area (Å²) in [6, 6.07) is 39.9. The summed E-state index contributed by atoms with van der Waals surface area (Å²) in [5.41, 5.74) is 8.93. The van der Waals surface area contributed by atoms with E-state index in [1.807, 2.05) is 24.3 Å². The first-order chi connectivity index (χ1) is 19.1. The minimum atomic E-state index is -1.22. The molecular weight excluding hydrogens is 500 g/mol. The monoisotopic (exact) mass is 520 g/mol. The zero-order valence-corrected chi connectivity index (χ0v) is 21.4. The number of carbonyl (C=O) groups is 1. The van der Waals surface area contributed by atoms with E-state index in [0.717, 1.165) is 37.2 Å². The van der Waals surface area contributed by atoms with Gasteiger partial charge in [0.05, 0.1) is 16.6 Å². The first-order valence-electron chi connectivity index (χ1n) is 12.5. The Hall–Kier alpha value is -5.18. The van der Waals surface area contributed by atoms with Crippen LogP contribution in [0.3, 0.4) is 0 Å². The zero-order valence-electron chi connectivity index (χ0n) is 20.6. The molecule has 4 heterocycles. The third kappa shape index (κ3) is 3.78. The number of aliphatic carboxylic acids is 1. The zero-order chi connectivity index (χ0) is 26.5. The van der Waals surface area contributed by atoms with Crippen LogP contribution in [0.25, 0.3) is 66.1 Å². The van der Waals surface area contributed by atoms with Crippen molar-refractivity contribution >= 4 is 50.7 Å². The number of carboxylic acid groups (broad SMARTS) is 1. The van der Waals surface area contributed by atoms with Gasteiger partial charge in [-0.25, -0.2) is 4.79 Å². The highest BCUT2D eigenvalue weighted by atomic mass is 32.1. The fourth-order valence-electron chi connectivity index (χ4n) is 5.43. The topological polar surface area (TPSA) is 65.5 Å². The van der Waals surface area contributed by atoms with Crippen molar-refractivity contribution in [3.63, 3.8) is 0 Å². The molecule has 0 aliphatic carbocycles. The maximum atomic E-state index is 11.3. The average Bonchev–Trinajstić information content (AvgIpc) is 3.63. The molecule has 4 aromatic heterocycles. The van der Waals surface area contributed by atoms with E-state index >= 15 is 0 Å². The van der Waals surface area contributed by atoms with E-state index in [-0.39, 0.29) is 5.57 Å². The van der Waals surface area contributed by atoms with Crippen LogP contribution in [-0.4, -0.2) is 15.5 Å². The molecule has 1 N–H and O–H groups in total. The number of pyridine rings is 2. The summed E-state index contributed by atoms with van der Waals surface area (Å²) in [7, 11) is 0. The van der Waals surface area contributed by atoms with Crippen LogP contribution in [0.15, 0.2) is 115 Å². The highest BCUT2D eigenvalue weighted by Gasteiger charge is 2.18. The van der Waals surface area contributed by atoms with E-state index in [1.54, 1.807) is 6.07 Å². The molecule has 0 atom stereocenters. The Morgan fingerprint density at radius 2 is 1.31 bits per heavy atom. The third-order valence-corrected chi connectivity index (χ3v) is 8.22. The number of rotatable bonds is 5. The van der Waals surface area contributed by atoms with E-state index in [9.17, 15) is 15.2 Å². The summed E-state index contributed by atoms with van der Waals surface area (Å²) in [5.74, 6) is -1.22. The Kier molecular flexibility index (Phi) is 5.29. The van der Waals surface area contributed by atoms with Gasteiger partial charge in [0.25, 0.3) is 0 Å². The number of nitriles is 1. The quantitative estimate of drug-likeness (QED) is 0.182. The molecule has 0 radical (unpaired) electrons. The molecule has 5 heteroatoms. The van der Waals surface area contributed by atoms with Crippen molar-refractivity contribution < 1.29 is 9.90 Å². The van der Waals surface area contributed by atoms with Gasteiger partial charge >= 0.3 is 5.97 Å². The number of hydrogen-bond acceptors (Lipinski definition) is 3. The van der Waals surface area contributed by atoms with Crippen LogP contribution in [0, 0.1) is 11.3 Å². The maximum Gasteiger partial charge on any atom is 0.346 e. The molecule has 3 aromatic carbocycles. The molecule has 0 aliphatic heterocycles. The molecule has 0 fully saturated rings. The highest BCUT2D eigenvalue weighted by Crippen LogP contribution is 2.41. The van der Waals surface area contributed by atoms with Crippen LogP contribution < -0.4 is 0 Å². The fourth-order valence-corrected chi connectivity index (χ4v) is 6.36. The van der Waals surface area contributed by atoms with Crippen molar-refractivity contribution in [1.29, 1.82) is 5.26 Å². The molecule has 4 nitrogen and oxygen atoms in total. The molecule has 0 saturated heterocycles. The van der Waals surface area contributed by atoms with E-state index in [4.69, 9.17) is 0 Å². The average molecular weight is 521 g/mol. The van der Waals surface area contributed by atoms with Crippen LogP contribution in [0.2, 0.25) is 0 Å². The van der Waals surface area contributed by atoms with Gasteiger partial charge in [0.15, 0.2) is 0 Å². The molecule has 0 saturated carbocycles. The van der Waals surface area contributed by atoms with E-state index in [0.29, 0.717) is 0 Å². The van der Waals surface area contributed by atoms with Crippen molar-refractivity contribution in [1.82, 2.24) is 4.40 Å². The van der Waals surface area contributed by atoms with Gasteiger partial charge in [0, 0.05) is 31.7 Å². The molecular formula is C34H20N2O2S. The van der Waals surface area contributed by atoms with Gasteiger partial charge < -0.3 is 9.51 Å². The molecule has 0 amide bonds. The summed E-state index contributed by atoms with van der Waals surface area (Å²) >= 11 is 1.47. The Morgan fingerprint density at radius 1 is 0.744 bits per heavy atom. The summed E-state index contributed by atoms with van der Waals surface area (Å²) in [4.78, 5) is 13.1. The number of carboxylic acids is 1. The van der Waals surface area contributed by atoms with Crippen LogP contribution in [-0.2, 0) is 4.79 Å². The molecule has 39 heavy (non-hydrogen) atoms. The Bertz CT molecular complexity index is 1990. The Labute approximate surface area is 228 Å². The van der Waals surface area contributed by atoms with Crippen LogP contribution >= 0.6 is 11.3 Å². The summed E-state index contributed by atoms with van der Waals surface area (Å²) in [5, 5.41) is 20.7. The van der Waals surface area contributed by atoms with E-state index < -0.39 is 5.97 Å². The van der Waals surface area contributed by atoms with Crippen molar-refractivity contribution in [2.45, 2.75) is 0 Å². The van der Waals surface area contributed by atoms with Crippen LogP contribution in [0.1, 0.15) is 4.88 Å². The Balaban J connectivity index is 1.52. The van der Waals surface area contributed by atoms with Crippen molar-refractivity contribution in [2.24, 2.45) is 0 Å². The second-order valence-electron chi connectivity index (χ2n) is 9.47. The second kappa shape index (κ2) is 8.98. The predicted molar refractivity (Wildman–Crippen MR) is 159 cm³/mol. The van der Waals surface area contributed by atoms with Crippen LogP contribution in [0.4, 0.5) is 0 Å². The van der Waals surface area contributed by atoms with Crippen LogP contribution in [0.5, 0.6) is 0 Å². The lowest BCUT2D eigenvalue weighted by Gasteiger charge is -2.17. The molecule has 184 valence electrons. The number of thiophene rings is 1. The summed E-state index contributed by atoms with van der Waals surface area (Å²) in [6.07, 6.45) is 1.43. The first-order valence-corrected chi connectivity index (χ1v) is 13.3. The lowest BCUT2D eigenvalue weighted by molar-refractivity contribution is -0.132. The van der Waals surface area contributed by atoms with Gasteiger partial charge in [-0.2, -0.15) is 5.26 Å². The molecule has 0 spiro atoms. The third-order valence-electron chi connectivity index (χ3n) is 7.14. The lowest BCUT2D eigenvalue weighted by Crippen LogP contribution is -1.97. The van der Waals surface area contributed by atoms with Gasteiger partial charge in [-0.1, -0.05) is 60.7 Å². The molecule has 0 aliphatic rings. The predicted octanol–water partition coefficient (Wildman–Crippen LogP) is 8.74. The standard InChI is InChI=1S/C34H20N2O2S/c35-20-26(34(37)38)17-27-11-14-32(39-27)23-15-24-18-28(21-7-3-1-4-8-21)30-12-13-31-29(22-9-5-2-6-10-22)19-25(16-23)33(24)36(30)31/h1-19H,(H,37,38)/b26-17+.